The van der Waals surface area contributed by atoms with Crippen molar-refractivity contribution in [2.45, 2.75) is 46.5 Å². The van der Waals surface area contributed by atoms with Crippen LogP contribution in [0.15, 0.2) is 23.3 Å². The van der Waals surface area contributed by atoms with Crippen LogP contribution in [0, 0.1) is 22.7 Å². The van der Waals surface area contributed by atoms with Crippen molar-refractivity contribution >= 4 is 8.60 Å². The third kappa shape index (κ3) is 13.7. The lowest BCUT2D eigenvalue weighted by Crippen LogP contribution is -1.98. The summed E-state index contributed by atoms with van der Waals surface area (Å²) in [6.45, 7) is 7.21. The number of hydrogen-bond acceptors (Lipinski definition) is 5. The van der Waals surface area contributed by atoms with Crippen molar-refractivity contribution in [3.8, 4) is 12.1 Å². The van der Waals surface area contributed by atoms with Gasteiger partial charge in [-0.05, 0) is 33.6 Å². The lowest BCUT2D eigenvalue weighted by Gasteiger charge is -2.14. The summed E-state index contributed by atoms with van der Waals surface area (Å²) < 4.78 is 16.3. The highest BCUT2D eigenvalue weighted by Gasteiger charge is 2.11. The Labute approximate surface area is 135 Å². The molecule has 0 aliphatic carbocycles. The molecule has 0 N–H and O–H groups in total. The van der Waals surface area contributed by atoms with E-state index in [4.69, 9.17) is 24.1 Å². The minimum absolute atomic E-state index is 0.276. The third-order valence-electron chi connectivity index (χ3n) is 2.52. The van der Waals surface area contributed by atoms with E-state index < -0.39 is 8.60 Å². The molecule has 0 aromatic heterocycles. The number of nitriles is 2. The van der Waals surface area contributed by atoms with E-state index in [0.717, 1.165) is 12.8 Å². The molecule has 0 unspecified atom stereocenters. The van der Waals surface area contributed by atoms with Gasteiger partial charge in [-0.15, -0.1) is 0 Å². The van der Waals surface area contributed by atoms with Crippen molar-refractivity contribution < 1.29 is 13.6 Å². The lowest BCUT2D eigenvalue weighted by atomic mass is 10.1. The van der Waals surface area contributed by atoms with Crippen LogP contribution in [-0.2, 0) is 13.6 Å². The molecule has 0 aromatic carbocycles. The molecule has 6 heteroatoms. The predicted molar refractivity (Wildman–Crippen MR) is 87.7 cm³/mol. The molecule has 0 atom stereocenters. The van der Waals surface area contributed by atoms with Gasteiger partial charge in [0.2, 0.25) is 0 Å². The summed E-state index contributed by atoms with van der Waals surface area (Å²) in [5.74, 6) is 0. The van der Waals surface area contributed by atoms with Crippen molar-refractivity contribution in [3.05, 3.63) is 23.3 Å². The molecule has 0 aliphatic heterocycles. The topological polar surface area (TPSA) is 75.3 Å². The van der Waals surface area contributed by atoms with Gasteiger partial charge in [0, 0.05) is 0 Å². The standard InChI is InChI=1S/C16H25N2O3P/c1-15(2)7-4-8-16(3)9-14-21-22(19-12-5-10-17)20-13-6-11-18/h7,9H,4-6,8,12-14H2,1-3H3/b16-9-. The van der Waals surface area contributed by atoms with E-state index in [0.29, 0.717) is 19.4 Å². The fraction of sp³-hybridized carbons (Fsp3) is 0.625. The van der Waals surface area contributed by atoms with Crippen LogP contribution >= 0.6 is 8.60 Å². The summed E-state index contributed by atoms with van der Waals surface area (Å²) in [4.78, 5) is 0. The Balaban J connectivity index is 4.10. The molecular weight excluding hydrogens is 299 g/mol. The maximum atomic E-state index is 8.50. The SMILES string of the molecule is CC(C)=CCC/C(C)=C\COP(OCCC#N)OCCC#N. The van der Waals surface area contributed by atoms with Crippen molar-refractivity contribution in [2.75, 3.05) is 19.8 Å². The molecule has 0 aliphatic rings. The van der Waals surface area contributed by atoms with Crippen molar-refractivity contribution in [2.24, 2.45) is 0 Å². The molecule has 0 saturated carbocycles. The van der Waals surface area contributed by atoms with E-state index >= 15 is 0 Å². The fourth-order valence-electron chi connectivity index (χ4n) is 1.37. The van der Waals surface area contributed by atoms with Crippen LogP contribution in [0.5, 0.6) is 0 Å². The average Bonchev–Trinajstić information content (AvgIpc) is 2.47. The van der Waals surface area contributed by atoms with E-state index in [9.17, 15) is 0 Å². The highest BCUT2D eigenvalue weighted by Crippen LogP contribution is 2.39. The molecule has 0 aromatic rings. The quantitative estimate of drug-likeness (QED) is 0.293. The van der Waals surface area contributed by atoms with E-state index in [-0.39, 0.29) is 13.2 Å². The van der Waals surface area contributed by atoms with E-state index in [2.05, 4.69) is 26.8 Å². The van der Waals surface area contributed by atoms with Gasteiger partial charge in [-0.3, -0.25) is 0 Å². The van der Waals surface area contributed by atoms with Gasteiger partial charge in [0.25, 0.3) is 0 Å². The zero-order valence-electron chi connectivity index (χ0n) is 13.7. The molecule has 0 bridgehead atoms. The molecule has 0 saturated heterocycles. The van der Waals surface area contributed by atoms with E-state index in [1.54, 1.807) is 0 Å². The smallest absolute Gasteiger partial charge is 0.311 e. The maximum Gasteiger partial charge on any atom is 0.333 e. The molecule has 0 heterocycles. The summed E-state index contributed by atoms with van der Waals surface area (Å²) >= 11 is 0. The van der Waals surface area contributed by atoms with E-state index in [1.807, 2.05) is 18.2 Å². The highest BCUT2D eigenvalue weighted by molar-refractivity contribution is 7.41. The molecule has 5 nitrogen and oxygen atoms in total. The van der Waals surface area contributed by atoms with Crippen LogP contribution < -0.4 is 0 Å². The second-order valence-corrected chi connectivity index (χ2v) is 6.09. The number of nitrogens with zero attached hydrogens (tertiary/aromatic N) is 2. The van der Waals surface area contributed by atoms with Gasteiger partial charge in [-0.1, -0.05) is 23.3 Å². The summed E-state index contributed by atoms with van der Waals surface area (Å²) in [6, 6.07) is 4.00. The largest absolute Gasteiger partial charge is 0.333 e. The zero-order chi connectivity index (χ0) is 16.6. The number of hydrogen-bond donors (Lipinski definition) is 0. The van der Waals surface area contributed by atoms with Gasteiger partial charge < -0.3 is 13.6 Å². The molecule has 0 amide bonds. The molecule has 0 rings (SSSR count). The molecule has 122 valence electrons. The van der Waals surface area contributed by atoms with Crippen LogP contribution in [0.4, 0.5) is 0 Å². The second kappa shape index (κ2) is 14.7. The molecule has 22 heavy (non-hydrogen) atoms. The van der Waals surface area contributed by atoms with Gasteiger partial charge in [0.1, 0.15) is 0 Å². The Kier molecular flexibility index (Phi) is 13.9. The molecule has 0 fully saturated rings. The Morgan fingerprint density at radius 3 is 2.05 bits per heavy atom. The molecule has 0 radical (unpaired) electrons. The average molecular weight is 324 g/mol. The molecule has 0 spiro atoms. The summed E-state index contributed by atoms with van der Waals surface area (Å²) in [7, 11) is -1.50. The summed E-state index contributed by atoms with van der Waals surface area (Å²) in [5.41, 5.74) is 2.57. The summed E-state index contributed by atoms with van der Waals surface area (Å²) in [5, 5.41) is 17.0. The van der Waals surface area contributed by atoms with Gasteiger partial charge in [-0.25, -0.2) is 0 Å². The van der Waals surface area contributed by atoms with Crippen LogP contribution in [0.3, 0.4) is 0 Å². The monoisotopic (exact) mass is 324 g/mol. The Morgan fingerprint density at radius 1 is 0.955 bits per heavy atom. The van der Waals surface area contributed by atoms with Crippen molar-refractivity contribution in [1.82, 2.24) is 0 Å². The van der Waals surface area contributed by atoms with Crippen molar-refractivity contribution in [1.29, 1.82) is 10.5 Å². The van der Waals surface area contributed by atoms with Crippen LogP contribution in [-0.4, -0.2) is 19.8 Å². The van der Waals surface area contributed by atoms with Gasteiger partial charge in [0.05, 0.1) is 44.8 Å². The first-order valence-electron chi connectivity index (χ1n) is 7.32. The minimum Gasteiger partial charge on any atom is -0.311 e. The Hall–Kier alpha value is -1.23. The van der Waals surface area contributed by atoms with Gasteiger partial charge in [-0.2, -0.15) is 10.5 Å². The highest BCUT2D eigenvalue weighted by atomic mass is 31.2. The van der Waals surface area contributed by atoms with Gasteiger partial charge >= 0.3 is 8.60 Å². The van der Waals surface area contributed by atoms with Crippen LogP contribution in [0.1, 0.15) is 46.5 Å². The van der Waals surface area contributed by atoms with Gasteiger partial charge in [0.15, 0.2) is 0 Å². The number of rotatable bonds is 12. The first-order valence-corrected chi connectivity index (χ1v) is 8.41. The van der Waals surface area contributed by atoms with E-state index in [1.165, 1.54) is 11.1 Å². The summed E-state index contributed by atoms with van der Waals surface area (Å²) in [6.07, 6.45) is 6.83. The number of allylic oxidation sites excluding steroid dienone is 3. The maximum absolute atomic E-state index is 8.50. The third-order valence-corrected chi connectivity index (χ3v) is 3.67. The predicted octanol–water partition coefficient (Wildman–Crippen LogP) is 4.78. The Morgan fingerprint density at radius 2 is 1.55 bits per heavy atom. The minimum atomic E-state index is -1.50. The first kappa shape index (κ1) is 20.8. The van der Waals surface area contributed by atoms with Crippen LogP contribution in [0.2, 0.25) is 0 Å². The Bertz CT molecular complexity index is 412. The lowest BCUT2D eigenvalue weighted by molar-refractivity contribution is 0.175. The first-order chi connectivity index (χ1) is 10.6. The van der Waals surface area contributed by atoms with Crippen molar-refractivity contribution in [3.63, 3.8) is 0 Å². The normalized spacial score (nSPS) is 11.1. The zero-order valence-corrected chi connectivity index (χ0v) is 14.6. The second-order valence-electron chi connectivity index (χ2n) is 4.87. The molecular formula is C16H25N2O3P. The van der Waals surface area contributed by atoms with Crippen LogP contribution in [0.25, 0.3) is 0 Å². The fourth-order valence-corrected chi connectivity index (χ4v) is 2.27.